The highest BCUT2D eigenvalue weighted by atomic mass is 35.5. The first-order valence-corrected chi connectivity index (χ1v) is 6.92. The molecule has 0 amide bonds. The molecule has 0 aliphatic carbocycles. The molecule has 0 aliphatic heterocycles. The van der Waals surface area contributed by atoms with Gasteiger partial charge < -0.3 is 0 Å². The average molecular weight is 280 g/mol. The summed E-state index contributed by atoms with van der Waals surface area (Å²) in [7, 11) is -3.55. The van der Waals surface area contributed by atoms with Crippen LogP contribution in [0.4, 0.5) is 0 Å². The van der Waals surface area contributed by atoms with Crippen molar-refractivity contribution in [2.45, 2.75) is 4.90 Å². The Morgan fingerprint density at radius 1 is 1.25 bits per heavy atom. The van der Waals surface area contributed by atoms with Crippen LogP contribution in [-0.2, 0) is 10.0 Å². The average Bonchev–Trinajstić information content (AvgIpc) is 2.25. The summed E-state index contributed by atoms with van der Waals surface area (Å²) >= 11 is 11.2. The third-order valence-electron chi connectivity index (χ3n) is 1.77. The highest BCUT2D eigenvalue weighted by Crippen LogP contribution is 2.19. The summed E-state index contributed by atoms with van der Waals surface area (Å²) < 4.78 is 25.9. The van der Waals surface area contributed by atoms with Crippen LogP contribution < -0.4 is 4.72 Å². The van der Waals surface area contributed by atoms with Crippen molar-refractivity contribution in [2.75, 3.05) is 12.4 Å². The van der Waals surface area contributed by atoms with E-state index in [-0.39, 0.29) is 16.5 Å². The van der Waals surface area contributed by atoms with Gasteiger partial charge in [-0.3, -0.25) is 0 Å². The predicted molar refractivity (Wildman–Crippen MR) is 66.5 cm³/mol. The molecule has 88 valence electrons. The minimum atomic E-state index is -3.55. The fourth-order valence-electron chi connectivity index (χ4n) is 1.04. The molecule has 0 bridgehead atoms. The van der Waals surface area contributed by atoms with E-state index in [0.29, 0.717) is 5.88 Å². The van der Waals surface area contributed by atoms with E-state index in [0.717, 1.165) is 0 Å². The fourth-order valence-corrected chi connectivity index (χ4v) is 2.66. The van der Waals surface area contributed by atoms with Crippen molar-refractivity contribution >= 4 is 33.2 Å². The van der Waals surface area contributed by atoms with E-state index in [1.54, 1.807) is 24.3 Å². The minimum absolute atomic E-state index is 0.0796. The maximum atomic E-state index is 11.8. The number of hydrogen-bond acceptors (Lipinski definition) is 2. The van der Waals surface area contributed by atoms with E-state index in [4.69, 9.17) is 23.2 Å². The normalized spacial score (nSPS) is 12.1. The molecule has 0 saturated carbocycles. The Balaban J connectivity index is 2.79. The van der Waals surface area contributed by atoms with Crippen LogP contribution in [0.15, 0.2) is 41.3 Å². The molecular weight excluding hydrogens is 269 g/mol. The maximum absolute atomic E-state index is 11.8. The van der Waals surface area contributed by atoms with Gasteiger partial charge in [0.05, 0.1) is 5.02 Å². The molecule has 6 heteroatoms. The molecule has 0 fully saturated rings. The molecule has 0 saturated heterocycles. The molecule has 0 radical (unpaired) electrons. The Morgan fingerprint density at radius 3 is 2.56 bits per heavy atom. The van der Waals surface area contributed by atoms with Crippen LogP contribution in [0.1, 0.15) is 0 Å². The van der Waals surface area contributed by atoms with E-state index in [1.165, 1.54) is 12.1 Å². The summed E-state index contributed by atoms with van der Waals surface area (Å²) in [6.45, 7) is 0.195. The summed E-state index contributed by atoms with van der Waals surface area (Å²) in [6, 6.07) is 6.28. The first-order chi connectivity index (χ1) is 7.58. The number of sulfonamides is 1. The number of alkyl halides is 1. The second-order valence-electron chi connectivity index (χ2n) is 2.91. The summed E-state index contributed by atoms with van der Waals surface area (Å²) in [5.41, 5.74) is 0. The molecule has 16 heavy (non-hydrogen) atoms. The third-order valence-corrected chi connectivity index (χ3v) is 3.87. The van der Waals surface area contributed by atoms with Gasteiger partial charge in [-0.2, -0.15) is 0 Å². The molecule has 1 N–H and O–H groups in total. The van der Waals surface area contributed by atoms with Gasteiger partial charge in [-0.05, 0) is 12.1 Å². The van der Waals surface area contributed by atoms with Gasteiger partial charge in [-0.15, -0.1) is 11.6 Å². The number of hydrogen-bond donors (Lipinski definition) is 1. The van der Waals surface area contributed by atoms with Crippen LogP contribution in [-0.4, -0.2) is 20.8 Å². The van der Waals surface area contributed by atoms with Gasteiger partial charge in [0.15, 0.2) is 0 Å². The van der Waals surface area contributed by atoms with Gasteiger partial charge in [0.2, 0.25) is 10.0 Å². The van der Waals surface area contributed by atoms with Gasteiger partial charge in [0.25, 0.3) is 0 Å². The smallest absolute Gasteiger partial charge is 0.207 e. The first kappa shape index (κ1) is 13.5. The van der Waals surface area contributed by atoms with Crippen molar-refractivity contribution in [1.29, 1.82) is 0 Å². The van der Waals surface area contributed by atoms with Gasteiger partial charge in [-0.1, -0.05) is 35.9 Å². The molecule has 0 aliphatic rings. The molecule has 0 unspecified atom stereocenters. The van der Waals surface area contributed by atoms with Crippen molar-refractivity contribution in [1.82, 2.24) is 4.72 Å². The lowest BCUT2D eigenvalue weighted by molar-refractivity contribution is 0.585. The lowest BCUT2D eigenvalue weighted by Crippen LogP contribution is -2.24. The topological polar surface area (TPSA) is 46.2 Å². The second kappa shape index (κ2) is 6.25. The number of allylic oxidation sites excluding steroid dienone is 1. The highest BCUT2D eigenvalue weighted by Gasteiger charge is 2.15. The second-order valence-corrected chi connectivity index (χ2v) is 5.36. The Kier molecular flexibility index (Phi) is 5.28. The predicted octanol–water partition coefficient (Wildman–Crippen LogP) is 2.41. The Hall–Kier alpha value is -0.550. The SMILES string of the molecule is O=S(=O)(NC/C=C/CCl)c1ccccc1Cl. The molecule has 3 nitrogen and oxygen atoms in total. The zero-order valence-corrected chi connectivity index (χ0v) is 10.7. The zero-order chi connectivity index (χ0) is 12.0. The monoisotopic (exact) mass is 279 g/mol. The Labute approximate surface area is 105 Å². The lowest BCUT2D eigenvalue weighted by atomic mass is 10.4. The van der Waals surface area contributed by atoms with Crippen LogP contribution in [0.3, 0.4) is 0 Å². The summed E-state index contributed by atoms with van der Waals surface area (Å²) in [5, 5.41) is 0.205. The summed E-state index contributed by atoms with van der Waals surface area (Å²) in [4.78, 5) is 0.0796. The minimum Gasteiger partial charge on any atom is -0.207 e. The van der Waals surface area contributed by atoms with Crippen molar-refractivity contribution < 1.29 is 8.42 Å². The Bertz CT molecular complexity index is 471. The van der Waals surface area contributed by atoms with E-state index >= 15 is 0 Å². The quantitative estimate of drug-likeness (QED) is 0.665. The fraction of sp³-hybridized carbons (Fsp3) is 0.200. The number of benzene rings is 1. The van der Waals surface area contributed by atoms with Crippen LogP contribution in [0.25, 0.3) is 0 Å². The number of halogens is 2. The van der Waals surface area contributed by atoms with Crippen LogP contribution in [0, 0.1) is 0 Å². The van der Waals surface area contributed by atoms with Crippen LogP contribution >= 0.6 is 23.2 Å². The van der Waals surface area contributed by atoms with Crippen LogP contribution in [0.5, 0.6) is 0 Å². The molecule has 1 aromatic rings. The zero-order valence-electron chi connectivity index (χ0n) is 8.36. The molecule has 1 aromatic carbocycles. The van der Waals surface area contributed by atoms with E-state index < -0.39 is 10.0 Å². The van der Waals surface area contributed by atoms with E-state index in [1.807, 2.05) is 0 Å². The van der Waals surface area contributed by atoms with Gasteiger partial charge in [0.1, 0.15) is 4.90 Å². The van der Waals surface area contributed by atoms with E-state index in [2.05, 4.69) is 4.72 Å². The standard InChI is InChI=1S/C10H11Cl2NO2S/c11-7-3-4-8-13-16(14,15)10-6-2-1-5-9(10)12/h1-6,13H,7-8H2/b4-3+. The largest absolute Gasteiger partial charge is 0.242 e. The van der Waals surface area contributed by atoms with Gasteiger partial charge in [-0.25, -0.2) is 13.1 Å². The third kappa shape index (κ3) is 3.79. The van der Waals surface area contributed by atoms with Crippen molar-refractivity contribution in [3.8, 4) is 0 Å². The maximum Gasteiger partial charge on any atom is 0.242 e. The molecule has 1 rings (SSSR count). The molecule has 0 heterocycles. The first-order valence-electron chi connectivity index (χ1n) is 4.53. The summed E-state index contributed by atoms with van der Waals surface area (Å²) in [5.74, 6) is 0.355. The molecule has 0 spiro atoms. The van der Waals surface area contributed by atoms with Crippen molar-refractivity contribution in [3.63, 3.8) is 0 Å². The molecular formula is C10H11Cl2NO2S. The Morgan fingerprint density at radius 2 is 1.94 bits per heavy atom. The highest BCUT2D eigenvalue weighted by molar-refractivity contribution is 7.89. The van der Waals surface area contributed by atoms with Gasteiger partial charge >= 0.3 is 0 Å². The van der Waals surface area contributed by atoms with Crippen LogP contribution in [0.2, 0.25) is 5.02 Å². The van der Waals surface area contributed by atoms with Gasteiger partial charge in [0, 0.05) is 12.4 Å². The number of nitrogens with one attached hydrogen (secondary N) is 1. The number of rotatable bonds is 5. The van der Waals surface area contributed by atoms with Crippen molar-refractivity contribution in [3.05, 3.63) is 41.4 Å². The molecule has 0 aromatic heterocycles. The molecule has 0 atom stereocenters. The van der Waals surface area contributed by atoms with E-state index in [9.17, 15) is 8.42 Å². The van der Waals surface area contributed by atoms with Crippen molar-refractivity contribution in [2.24, 2.45) is 0 Å². The lowest BCUT2D eigenvalue weighted by Gasteiger charge is -2.05. The summed E-state index contributed by atoms with van der Waals surface area (Å²) in [6.07, 6.45) is 3.30.